The standard InChI is InChI=1S/C17H20N2O3S2/c1-11-3-6-14(7-4-11)24(21,22)19-18-17(20)16-10-13-9-12(2)5-8-15(13)23-16/h3-4,6-7,10,12,19H,5,8-9H2,1-2H3,(H,18,20)/t12-/m0/s1. The van der Waals surface area contributed by atoms with Crippen LogP contribution in [-0.2, 0) is 22.9 Å². The molecule has 0 saturated carbocycles. The van der Waals surface area contributed by atoms with Crippen molar-refractivity contribution < 1.29 is 13.2 Å². The second-order valence-corrected chi connectivity index (χ2v) is 9.10. The maximum atomic E-state index is 12.2. The van der Waals surface area contributed by atoms with E-state index in [1.54, 1.807) is 12.1 Å². The summed E-state index contributed by atoms with van der Waals surface area (Å²) in [6, 6.07) is 8.32. The van der Waals surface area contributed by atoms with Gasteiger partial charge >= 0.3 is 0 Å². The van der Waals surface area contributed by atoms with Crippen LogP contribution in [0.1, 0.15) is 39.0 Å². The number of hydrazine groups is 1. The minimum atomic E-state index is -3.77. The smallest absolute Gasteiger partial charge is 0.273 e. The van der Waals surface area contributed by atoms with Crippen LogP contribution in [0, 0.1) is 12.8 Å². The van der Waals surface area contributed by atoms with E-state index >= 15 is 0 Å². The minimum absolute atomic E-state index is 0.118. The lowest BCUT2D eigenvalue weighted by atomic mass is 9.90. The van der Waals surface area contributed by atoms with E-state index < -0.39 is 15.9 Å². The molecule has 24 heavy (non-hydrogen) atoms. The van der Waals surface area contributed by atoms with Crippen molar-refractivity contribution in [1.82, 2.24) is 10.3 Å². The van der Waals surface area contributed by atoms with Gasteiger partial charge in [0.2, 0.25) is 0 Å². The molecule has 1 aliphatic rings. The number of thiophene rings is 1. The number of sulfonamides is 1. The number of benzene rings is 1. The first-order valence-corrected chi connectivity index (χ1v) is 10.2. The van der Waals surface area contributed by atoms with Crippen molar-refractivity contribution in [1.29, 1.82) is 0 Å². The summed E-state index contributed by atoms with van der Waals surface area (Å²) in [7, 11) is -3.77. The van der Waals surface area contributed by atoms with Gasteiger partial charge in [-0.2, -0.15) is 0 Å². The van der Waals surface area contributed by atoms with Gasteiger partial charge in [0.15, 0.2) is 0 Å². The zero-order chi connectivity index (χ0) is 17.3. The molecule has 0 fully saturated rings. The van der Waals surface area contributed by atoms with Crippen LogP contribution in [-0.4, -0.2) is 14.3 Å². The minimum Gasteiger partial charge on any atom is -0.273 e. The summed E-state index contributed by atoms with van der Waals surface area (Å²) in [5.41, 5.74) is 4.49. The third-order valence-corrected chi connectivity index (χ3v) is 6.68. The zero-order valence-electron chi connectivity index (χ0n) is 13.6. The van der Waals surface area contributed by atoms with Crippen LogP contribution in [0.5, 0.6) is 0 Å². The van der Waals surface area contributed by atoms with E-state index in [0.717, 1.165) is 24.8 Å². The molecule has 0 aliphatic heterocycles. The van der Waals surface area contributed by atoms with Crippen molar-refractivity contribution >= 4 is 27.3 Å². The molecule has 0 bridgehead atoms. The van der Waals surface area contributed by atoms with E-state index in [2.05, 4.69) is 17.2 Å². The van der Waals surface area contributed by atoms with Crippen LogP contribution < -0.4 is 10.3 Å². The summed E-state index contributed by atoms with van der Waals surface area (Å²) in [5, 5.41) is 0. The first kappa shape index (κ1) is 17.1. The van der Waals surface area contributed by atoms with Gasteiger partial charge in [-0.05, 0) is 55.9 Å². The first-order chi connectivity index (χ1) is 11.3. The van der Waals surface area contributed by atoms with Crippen LogP contribution >= 0.6 is 11.3 Å². The topological polar surface area (TPSA) is 75.3 Å². The fourth-order valence-corrected chi connectivity index (χ4v) is 4.71. The Morgan fingerprint density at radius 2 is 1.96 bits per heavy atom. The lowest BCUT2D eigenvalue weighted by Gasteiger charge is -2.16. The third kappa shape index (κ3) is 3.68. The van der Waals surface area contributed by atoms with Crippen LogP contribution in [0.2, 0.25) is 0 Å². The zero-order valence-corrected chi connectivity index (χ0v) is 15.3. The molecule has 1 heterocycles. The lowest BCUT2D eigenvalue weighted by Crippen LogP contribution is -2.41. The Morgan fingerprint density at radius 1 is 1.25 bits per heavy atom. The van der Waals surface area contributed by atoms with Crippen LogP contribution in [0.3, 0.4) is 0 Å². The molecule has 1 aliphatic carbocycles. The predicted octanol–water partition coefficient (Wildman–Crippen LogP) is 2.80. The van der Waals surface area contributed by atoms with Gasteiger partial charge < -0.3 is 0 Å². The molecule has 1 amide bonds. The Morgan fingerprint density at radius 3 is 2.67 bits per heavy atom. The number of hydrogen-bond donors (Lipinski definition) is 2. The van der Waals surface area contributed by atoms with Crippen molar-refractivity contribution in [3.05, 3.63) is 51.2 Å². The van der Waals surface area contributed by atoms with E-state index in [1.807, 2.05) is 13.0 Å². The molecular weight excluding hydrogens is 344 g/mol. The molecule has 0 spiro atoms. The molecule has 1 atom stereocenters. The largest absolute Gasteiger partial charge is 0.276 e. The molecule has 1 aromatic carbocycles. The van der Waals surface area contributed by atoms with E-state index in [9.17, 15) is 13.2 Å². The van der Waals surface area contributed by atoms with Crippen LogP contribution in [0.15, 0.2) is 35.2 Å². The number of hydrogen-bond acceptors (Lipinski definition) is 4. The Balaban J connectivity index is 1.68. The highest BCUT2D eigenvalue weighted by molar-refractivity contribution is 7.89. The number of amides is 1. The maximum Gasteiger partial charge on any atom is 0.276 e. The van der Waals surface area contributed by atoms with Gasteiger partial charge in [0.05, 0.1) is 9.77 Å². The SMILES string of the molecule is Cc1ccc(S(=O)(=O)NNC(=O)c2cc3c(s2)CC[C@H](C)C3)cc1. The molecule has 1 aromatic heterocycles. The van der Waals surface area contributed by atoms with Crippen molar-refractivity contribution in [2.24, 2.45) is 5.92 Å². The fourth-order valence-electron chi connectivity index (χ4n) is 2.77. The van der Waals surface area contributed by atoms with Crippen molar-refractivity contribution in [2.45, 2.75) is 38.0 Å². The average Bonchev–Trinajstić information content (AvgIpc) is 2.96. The normalized spacial score (nSPS) is 17.3. The second kappa shape index (κ2) is 6.66. The molecule has 128 valence electrons. The molecule has 0 unspecified atom stereocenters. The highest BCUT2D eigenvalue weighted by Gasteiger charge is 2.22. The monoisotopic (exact) mass is 364 g/mol. The number of nitrogens with one attached hydrogen (secondary N) is 2. The molecule has 2 aromatic rings. The number of fused-ring (bicyclic) bond motifs is 1. The number of carbonyl (C=O) groups is 1. The van der Waals surface area contributed by atoms with E-state index in [1.165, 1.54) is 33.9 Å². The molecule has 0 saturated heterocycles. The molecule has 2 N–H and O–H groups in total. The lowest BCUT2D eigenvalue weighted by molar-refractivity contribution is 0.0949. The van der Waals surface area contributed by atoms with E-state index in [4.69, 9.17) is 0 Å². The fraction of sp³-hybridized carbons (Fsp3) is 0.353. The summed E-state index contributed by atoms with van der Waals surface area (Å²) in [6.45, 7) is 4.08. The Bertz CT molecular complexity index is 854. The van der Waals surface area contributed by atoms with Gasteiger partial charge in [-0.1, -0.05) is 24.6 Å². The van der Waals surface area contributed by atoms with Gasteiger partial charge in [0.25, 0.3) is 15.9 Å². The van der Waals surface area contributed by atoms with Gasteiger partial charge in [0.1, 0.15) is 0 Å². The number of carbonyl (C=O) groups excluding carboxylic acids is 1. The van der Waals surface area contributed by atoms with Gasteiger partial charge in [-0.15, -0.1) is 16.2 Å². The molecule has 3 rings (SSSR count). The Kier molecular flexibility index (Phi) is 4.76. The quantitative estimate of drug-likeness (QED) is 0.819. The first-order valence-electron chi connectivity index (χ1n) is 7.85. The Labute approximate surface area is 146 Å². The maximum absolute atomic E-state index is 12.2. The van der Waals surface area contributed by atoms with E-state index in [-0.39, 0.29) is 4.90 Å². The van der Waals surface area contributed by atoms with Gasteiger partial charge in [0, 0.05) is 4.88 Å². The van der Waals surface area contributed by atoms with Crippen LogP contribution in [0.4, 0.5) is 0 Å². The highest BCUT2D eigenvalue weighted by atomic mass is 32.2. The third-order valence-electron chi connectivity index (χ3n) is 4.18. The number of aryl methyl sites for hydroxylation is 2. The summed E-state index contributed by atoms with van der Waals surface area (Å²) in [4.78, 5) is 16.3. The van der Waals surface area contributed by atoms with Crippen molar-refractivity contribution in [3.63, 3.8) is 0 Å². The van der Waals surface area contributed by atoms with Crippen molar-refractivity contribution in [2.75, 3.05) is 0 Å². The molecule has 0 radical (unpaired) electrons. The van der Waals surface area contributed by atoms with Crippen molar-refractivity contribution in [3.8, 4) is 0 Å². The number of rotatable bonds is 4. The van der Waals surface area contributed by atoms with Crippen LogP contribution in [0.25, 0.3) is 0 Å². The summed E-state index contributed by atoms with van der Waals surface area (Å²) >= 11 is 1.45. The molecular formula is C17H20N2O3S2. The predicted molar refractivity (Wildman–Crippen MR) is 94.5 cm³/mol. The Hall–Kier alpha value is -1.70. The van der Waals surface area contributed by atoms with Gasteiger partial charge in [-0.25, -0.2) is 8.42 Å². The average molecular weight is 364 g/mol. The molecule has 7 heteroatoms. The summed E-state index contributed by atoms with van der Waals surface area (Å²) in [6.07, 6.45) is 3.10. The summed E-state index contributed by atoms with van der Waals surface area (Å²) < 4.78 is 24.4. The highest BCUT2D eigenvalue weighted by Crippen LogP contribution is 2.32. The second-order valence-electron chi connectivity index (χ2n) is 6.28. The van der Waals surface area contributed by atoms with Gasteiger partial charge in [-0.3, -0.25) is 10.2 Å². The summed E-state index contributed by atoms with van der Waals surface area (Å²) in [5.74, 6) is 0.209. The van der Waals surface area contributed by atoms with E-state index in [0.29, 0.717) is 10.8 Å². The molecule has 5 nitrogen and oxygen atoms in total.